The Labute approximate surface area is 144 Å². The lowest BCUT2D eigenvalue weighted by molar-refractivity contribution is 0.384. The zero-order valence-electron chi connectivity index (χ0n) is 12.4. The summed E-state index contributed by atoms with van der Waals surface area (Å²) >= 11 is 0. The Balaban J connectivity index is 2.41. The first-order valence-corrected chi connectivity index (χ1v) is 9.27. The summed E-state index contributed by atoms with van der Waals surface area (Å²) < 4.78 is 70.0. The first-order chi connectivity index (χ1) is 11.5. The zero-order chi connectivity index (χ0) is 18.7. The molecule has 4 N–H and O–H groups in total. The molecule has 2 rings (SSSR count). The van der Waals surface area contributed by atoms with Crippen LogP contribution in [0.1, 0.15) is 11.1 Å². The molecule has 134 valence electrons. The number of hydrogen-bond donors (Lipinski definition) is 3. The molecule has 0 spiro atoms. The third-order valence-corrected chi connectivity index (χ3v) is 3.57. The van der Waals surface area contributed by atoms with Gasteiger partial charge in [0.1, 0.15) is 0 Å². The first kappa shape index (κ1) is 18.7. The molecule has 0 radical (unpaired) electrons. The number of nitrogens with two attached hydrogens (primary N) is 1. The molecule has 0 aliphatic carbocycles. The molecule has 0 bridgehead atoms. The summed E-state index contributed by atoms with van der Waals surface area (Å²) in [6.45, 7) is 0. The van der Waals surface area contributed by atoms with Crippen LogP contribution in [-0.4, -0.2) is 25.9 Å². The second kappa shape index (κ2) is 7.11. The van der Waals surface area contributed by atoms with Gasteiger partial charge >= 0.3 is 20.8 Å². The van der Waals surface area contributed by atoms with Gasteiger partial charge in [0.2, 0.25) is 0 Å². The molecule has 25 heavy (non-hydrogen) atoms. The lowest BCUT2D eigenvalue weighted by atomic mass is 10.1. The number of benzene rings is 2. The van der Waals surface area contributed by atoms with Gasteiger partial charge in [-0.25, -0.2) is 0 Å². The van der Waals surface area contributed by atoms with E-state index in [0.717, 1.165) is 0 Å². The minimum atomic E-state index is -4.76. The van der Waals surface area contributed by atoms with Gasteiger partial charge < -0.3 is 14.1 Å². The highest BCUT2D eigenvalue weighted by atomic mass is 32.3. The van der Waals surface area contributed by atoms with Crippen LogP contribution in [0.25, 0.3) is 12.2 Å². The molecular formula is C14H13NO8S2. The molecule has 0 aliphatic heterocycles. The van der Waals surface area contributed by atoms with Crippen LogP contribution in [0.3, 0.4) is 0 Å². The van der Waals surface area contributed by atoms with Crippen molar-refractivity contribution in [2.75, 3.05) is 5.73 Å². The van der Waals surface area contributed by atoms with Gasteiger partial charge in [0.15, 0.2) is 11.5 Å². The highest BCUT2D eigenvalue weighted by Gasteiger charge is 2.12. The standard InChI is InChI=1S/C14H13NO8S2/c15-12-8-7-11(14(9-12)23-25(19,20)21)6-5-10-3-1-2-4-13(10)22-24(16,17)18/h1-9H,15H2,(H,16,17,18)(H,19,20,21). The van der Waals surface area contributed by atoms with Crippen molar-refractivity contribution in [1.29, 1.82) is 0 Å². The SMILES string of the molecule is Nc1ccc(C=Cc2ccccc2OS(=O)(=O)O)c(OS(=O)(=O)O)c1. The zero-order valence-corrected chi connectivity index (χ0v) is 14.1. The van der Waals surface area contributed by atoms with Crippen molar-refractivity contribution in [2.45, 2.75) is 0 Å². The molecule has 0 aliphatic rings. The molecule has 0 amide bonds. The van der Waals surface area contributed by atoms with E-state index in [1.807, 2.05) is 0 Å². The van der Waals surface area contributed by atoms with E-state index in [-0.39, 0.29) is 28.3 Å². The Bertz CT molecular complexity index is 1010. The van der Waals surface area contributed by atoms with E-state index >= 15 is 0 Å². The van der Waals surface area contributed by atoms with Crippen LogP contribution in [0.5, 0.6) is 11.5 Å². The van der Waals surface area contributed by atoms with Crippen LogP contribution in [0.2, 0.25) is 0 Å². The summed E-state index contributed by atoms with van der Waals surface area (Å²) in [6, 6.07) is 9.98. The minimum absolute atomic E-state index is 0.144. The van der Waals surface area contributed by atoms with Gasteiger partial charge in [0.25, 0.3) is 0 Å². The summed E-state index contributed by atoms with van der Waals surface area (Å²) in [5, 5.41) is 0. The van der Waals surface area contributed by atoms with Crippen molar-refractivity contribution in [3.63, 3.8) is 0 Å². The van der Waals surface area contributed by atoms with Crippen molar-refractivity contribution >= 4 is 38.6 Å². The normalized spacial score (nSPS) is 12.2. The summed E-state index contributed by atoms with van der Waals surface area (Å²) in [6.07, 6.45) is 2.77. The number of rotatable bonds is 6. The predicted molar refractivity (Wildman–Crippen MR) is 90.6 cm³/mol. The van der Waals surface area contributed by atoms with Crippen LogP contribution in [0.15, 0.2) is 42.5 Å². The topological polar surface area (TPSA) is 153 Å². The maximum absolute atomic E-state index is 10.9. The van der Waals surface area contributed by atoms with Gasteiger partial charge in [-0.1, -0.05) is 30.4 Å². The van der Waals surface area contributed by atoms with Crippen LogP contribution in [0, 0.1) is 0 Å². The van der Waals surface area contributed by atoms with Gasteiger partial charge in [-0.05, 0) is 18.2 Å². The molecule has 0 fully saturated rings. The molecule has 2 aromatic carbocycles. The molecule has 0 heterocycles. The first-order valence-electron chi connectivity index (χ1n) is 6.54. The van der Waals surface area contributed by atoms with Crippen LogP contribution < -0.4 is 14.1 Å². The highest BCUT2D eigenvalue weighted by molar-refractivity contribution is 7.81. The summed E-state index contributed by atoms with van der Waals surface area (Å²) in [4.78, 5) is 0. The fourth-order valence-corrected chi connectivity index (χ4v) is 2.61. The van der Waals surface area contributed by atoms with E-state index in [0.29, 0.717) is 0 Å². The maximum atomic E-state index is 10.9. The quantitative estimate of drug-likeness (QED) is 0.382. The Morgan fingerprint density at radius 3 is 1.92 bits per heavy atom. The molecule has 0 unspecified atom stereocenters. The monoisotopic (exact) mass is 387 g/mol. The average molecular weight is 387 g/mol. The second-order valence-electron chi connectivity index (χ2n) is 4.69. The summed E-state index contributed by atoms with van der Waals surface area (Å²) in [5.74, 6) is -0.374. The minimum Gasteiger partial charge on any atom is -0.399 e. The molecule has 0 aromatic heterocycles. The fourth-order valence-electron chi connectivity index (χ4n) is 1.86. The largest absolute Gasteiger partial charge is 0.446 e. The van der Waals surface area contributed by atoms with Crippen molar-refractivity contribution in [2.24, 2.45) is 0 Å². The number of nitrogen functional groups attached to an aromatic ring is 1. The molecule has 0 saturated carbocycles. The molecule has 0 atom stereocenters. The van der Waals surface area contributed by atoms with Crippen LogP contribution in [-0.2, 0) is 20.8 Å². The average Bonchev–Trinajstić information content (AvgIpc) is 2.44. The lowest BCUT2D eigenvalue weighted by Crippen LogP contribution is -2.08. The van der Waals surface area contributed by atoms with Crippen molar-refractivity contribution in [3.8, 4) is 11.5 Å². The van der Waals surface area contributed by atoms with E-state index in [1.54, 1.807) is 6.07 Å². The van der Waals surface area contributed by atoms with Gasteiger partial charge in [0, 0.05) is 22.9 Å². The third-order valence-electron chi connectivity index (χ3n) is 2.79. The Morgan fingerprint density at radius 1 is 0.800 bits per heavy atom. The van der Waals surface area contributed by atoms with E-state index in [1.165, 1.54) is 48.6 Å². The van der Waals surface area contributed by atoms with Crippen molar-refractivity contribution < 1.29 is 34.3 Å². The molecular weight excluding hydrogens is 374 g/mol. The molecule has 9 nitrogen and oxygen atoms in total. The van der Waals surface area contributed by atoms with E-state index in [4.69, 9.17) is 14.8 Å². The molecule has 0 saturated heterocycles. The van der Waals surface area contributed by atoms with E-state index < -0.39 is 20.8 Å². The van der Waals surface area contributed by atoms with Crippen LogP contribution in [0.4, 0.5) is 5.69 Å². The van der Waals surface area contributed by atoms with Crippen LogP contribution >= 0.6 is 0 Å². The fraction of sp³-hybridized carbons (Fsp3) is 0. The van der Waals surface area contributed by atoms with E-state index in [9.17, 15) is 16.8 Å². The van der Waals surface area contributed by atoms with Gasteiger partial charge in [-0.15, -0.1) is 0 Å². The number of hydrogen-bond acceptors (Lipinski definition) is 7. The van der Waals surface area contributed by atoms with Crippen molar-refractivity contribution in [1.82, 2.24) is 0 Å². The van der Waals surface area contributed by atoms with E-state index in [2.05, 4.69) is 8.37 Å². The Hall–Kier alpha value is -2.60. The van der Waals surface area contributed by atoms with Gasteiger partial charge in [-0.2, -0.15) is 16.8 Å². The Morgan fingerprint density at radius 2 is 1.32 bits per heavy atom. The molecule has 2 aromatic rings. The maximum Gasteiger partial charge on any atom is 0.446 e. The molecule has 11 heteroatoms. The highest BCUT2D eigenvalue weighted by Crippen LogP contribution is 2.27. The van der Waals surface area contributed by atoms with Gasteiger partial charge in [0.05, 0.1) is 0 Å². The second-order valence-corrected chi connectivity index (χ2v) is 6.73. The smallest absolute Gasteiger partial charge is 0.399 e. The lowest BCUT2D eigenvalue weighted by Gasteiger charge is -2.07. The van der Waals surface area contributed by atoms with Gasteiger partial charge in [-0.3, -0.25) is 9.11 Å². The summed E-state index contributed by atoms with van der Waals surface area (Å²) in [5.41, 5.74) is 6.26. The number of para-hydroxylation sites is 1. The van der Waals surface area contributed by atoms with Crippen molar-refractivity contribution in [3.05, 3.63) is 53.6 Å². The predicted octanol–water partition coefficient (Wildman–Crippen LogP) is 1.80. The third kappa shape index (κ3) is 6.08. The summed E-state index contributed by atoms with van der Waals surface area (Å²) in [7, 11) is -9.47. The Kier molecular flexibility index (Phi) is 5.33. The number of anilines is 1.